The van der Waals surface area contributed by atoms with Gasteiger partial charge in [-0.05, 0) is 53.6 Å². The van der Waals surface area contributed by atoms with E-state index in [-0.39, 0.29) is 11.3 Å². The summed E-state index contributed by atoms with van der Waals surface area (Å²) in [7, 11) is 4.65. The first-order valence-corrected chi connectivity index (χ1v) is 10.3. The van der Waals surface area contributed by atoms with E-state index in [1.165, 1.54) is 5.56 Å². The Balaban J connectivity index is 2.16. The van der Waals surface area contributed by atoms with Gasteiger partial charge in [-0.3, -0.25) is 0 Å². The zero-order chi connectivity index (χ0) is 22.8. The molecule has 0 atom stereocenters. The molecule has 0 aliphatic heterocycles. The van der Waals surface area contributed by atoms with E-state index in [0.717, 1.165) is 35.1 Å². The summed E-state index contributed by atoms with van der Waals surface area (Å²) in [6.07, 6.45) is 2.48. The number of aryl methyl sites for hydroxylation is 1. The number of methoxy groups -OCH3 is 3. The van der Waals surface area contributed by atoms with Gasteiger partial charge in [0.2, 0.25) is 5.75 Å². The molecule has 0 heterocycles. The van der Waals surface area contributed by atoms with Crippen LogP contribution in [0.25, 0.3) is 22.3 Å². The molecule has 0 aromatic heterocycles. The van der Waals surface area contributed by atoms with E-state index in [2.05, 4.69) is 18.2 Å². The van der Waals surface area contributed by atoms with E-state index in [1.54, 1.807) is 21.3 Å². The highest BCUT2D eigenvalue weighted by atomic mass is 16.5. The number of nitrogens with zero attached hydrogens (tertiary/aromatic N) is 2. The molecular weight excluding hydrogens is 402 g/mol. The van der Waals surface area contributed by atoms with Crippen molar-refractivity contribution >= 4 is 5.69 Å². The fourth-order valence-electron chi connectivity index (χ4n) is 4.58. The number of rotatable bonds is 4. The lowest BCUT2D eigenvalue weighted by molar-refractivity contribution is 0.324. The van der Waals surface area contributed by atoms with Crippen molar-refractivity contribution in [2.45, 2.75) is 19.3 Å². The molecule has 0 unspecified atom stereocenters. The van der Waals surface area contributed by atoms with Crippen molar-refractivity contribution in [2.24, 2.45) is 0 Å². The number of fused-ring (bicyclic) bond motifs is 3. The zero-order valence-corrected chi connectivity index (χ0v) is 18.3. The van der Waals surface area contributed by atoms with Gasteiger partial charge in [0.05, 0.1) is 38.1 Å². The third-order valence-electron chi connectivity index (χ3n) is 5.98. The van der Waals surface area contributed by atoms with Crippen LogP contribution in [0, 0.1) is 22.7 Å². The van der Waals surface area contributed by atoms with Crippen LogP contribution < -0.4 is 19.9 Å². The van der Waals surface area contributed by atoms with Gasteiger partial charge in [0.25, 0.3) is 0 Å². The topological polar surface area (TPSA) is 101 Å². The van der Waals surface area contributed by atoms with Crippen LogP contribution in [0.3, 0.4) is 0 Å². The summed E-state index contributed by atoms with van der Waals surface area (Å²) < 4.78 is 16.5. The molecule has 0 fully saturated rings. The summed E-state index contributed by atoms with van der Waals surface area (Å²) in [5.74, 6) is 1.43. The van der Waals surface area contributed by atoms with Crippen molar-refractivity contribution in [1.29, 1.82) is 10.5 Å². The predicted molar refractivity (Wildman–Crippen MR) is 123 cm³/mol. The maximum atomic E-state index is 10.1. The molecule has 0 bridgehead atoms. The molecule has 0 spiro atoms. The lowest BCUT2D eigenvalue weighted by atomic mass is 9.83. The Bertz CT molecular complexity index is 1270. The Morgan fingerprint density at radius 2 is 1.47 bits per heavy atom. The molecule has 160 valence electrons. The highest BCUT2D eigenvalue weighted by Gasteiger charge is 2.28. The highest BCUT2D eigenvalue weighted by molar-refractivity contribution is 5.94. The molecule has 3 aromatic carbocycles. The fraction of sp³-hybridized carbons (Fsp3) is 0.231. The number of nitrogens with two attached hydrogens (primary N) is 1. The molecule has 4 rings (SSSR count). The summed E-state index contributed by atoms with van der Waals surface area (Å²) in [6, 6.07) is 16.2. The van der Waals surface area contributed by atoms with Gasteiger partial charge in [0.15, 0.2) is 11.5 Å². The van der Waals surface area contributed by atoms with Gasteiger partial charge in [-0.15, -0.1) is 0 Å². The zero-order valence-electron chi connectivity index (χ0n) is 18.3. The van der Waals surface area contributed by atoms with E-state index in [9.17, 15) is 10.5 Å². The first-order valence-electron chi connectivity index (χ1n) is 10.3. The molecule has 2 N–H and O–H groups in total. The Kier molecular flexibility index (Phi) is 5.62. The predicted octanol–water partition coefficient (Wildman–Crippen LogP) is 4.86. The molecule has 0 amide bonds. The van der Waals surface area contributed by atoms with Crippen molar-refractivity contribution < 1.29 is 14.2 Å². The van der Waals surface area contributed by atoms with Gasteiger partial charge < -0.3 is 19.9 Å². The van der Waals surface area contributed by atoms with E-state index in [4.69, 9.17) is 19.9 Å². The van der Waals surface area contributed by atoms with Crippen LogP contribution in [0.2, 0.25) is 0 Å². The number of ether oxygens (including phenoxy) is 3. The van der Waals surface area contributed by atoms with Gasteiger partial charge in [0, 0.05) is 11.1 Å². The normalized spacial score (nSPS) is 11.9. The lowest BCUT2D eigenvalue weighted by Crippen LogP contribution is -2.06. The van der Waals surface area contributed by atoms with Crippen LogP contribution in [0.15, 0.2) is 36.4 Å². The molecule has 32 heavy (non-hydrogen) atoms. The molecule has 3 aromatic rings. The lowest BCUT2D eigenvalue weighted by Gasteiger charge is -2.21. The Labute approximate surface area is 187 Å². The van der Waals surface area contributed by atoms with Crippen LogP contribution >= 0.6 is 0 Å². The van der Waals surface area contributed by atoms with E-state index < -0.39 is 0 Å². The van der Waals surface area contributed by atoms with E-state index in [1.807, 2.05) is 30.3 Å². The summed E-state index contributed by atoms with van der Waals surface area (Å²) in [6.45, 7) is 0. The minimum Gasteiger partial charge on any atom is -0.493 e. The highest BCUT2D eigenvalue weighted by Crippen LogP contribution is 2.48. The summed E-state index contributed by atoms with van der Waals surface area (Å²) in [4.78, 5) is 0. The second kappa shape index (κ2) is 8.53. The van der Waals surface area contributed by atoms with Crippen molar-refractivity contribution in [3.8, 4) is 51.6 Å². The Hall–Kier alpha value is -4.16. The van der Waals surface area contributed by atoms with Crippen molar-refractivity contribution in [2.75, 3.05) is 27.1 Å². The molecule has 1 aliphatic rings. The van der Waals surface area contributed by atoms with Crippen LogP contribution in [0.5, 0.6) is 17.2 Å². The molecule has 6 nitrogen and oxygen atoms in total. The third-order valence-corrected chi connectivity index (χ3v) is 5.98. The number of hydrogen-bond acceptors (Lipinski definition) is 6. The van der Waals surface area contributed by atoms with Crippen LogP contribution in [0.4, 0.5) is 5.69 Å². The maximum Gasteiger partial charge on any atom is 0.203 e. The molecule has 1 aliphatic carbocycles. The summed E-state index contributed by atoms with van der Waals surface area (Å²) in [5.41, 5.74) is 12.6. The van der Waals surface area contributed by atoms with Crippen molar-refractivity contribution in [3.63, 3.8) is 0 Å². The number of hydrogen-bond donors (Lipinski definition) is 1. The number of benzene rings is 3. The molecule has 0 radical (unpaired) electrons. The van der Waals surface area contributed by atoms with Crippen molar-refractivity contribution in [1.82, 2.24) is 0 Å². The number of nitrogen functional groups attached to an aromatic ring is 1. The van der Waals surface area contributed by atoms with Gasteiger partial charge in [-0.2, -0.15) is 10.5 Å². The third kappa shape index (κ3) is 3.18. The summed E-state index contributed by atoms with van der Waals surface area (Å²) >= 11 is 0. The SMILES string of the molecule is COc1cc(-c2c(C#N)c(N)c(C#N)c3c2CCCc2ccccc2-3)cc(OC)c1OC. The fourth-order valence-corrected chi connectivity index (χ4v) is 4.58. The maximum absolute atomic E-state index is 10.1. The summed E-state index contributed by atoms with van der Waals surface area (Å²) in [5, 5.41) is 20.1. The van der Waals surface area contributed by atoms with Crippen LogP contribution in [0.1, 0.15) is 28.7 Å². The number of anilines is 1. The largest absolute Gasteiger partial charge is 0.493 e. The van der Waals surface area contributed by atoms with E-state index in [0.29, 0.717) is 34.8 Å². The average molecular weight is 425 g/mol. The minimum absolute atomic E-state index is 0.189. The monoisotopic (exact) mass is 425 g/mol. The first-order chi connectivity index (χ1) is 15.6. The first kappa shape index (κ1) is 21.1. The Morgan fingerprint density at radius 3 is 2.06 bits per heavy atom. The van der Waals surface area contributed by atoms with Gasteiger partial charge in [0.1, 0.15) is 12.1 Å². The van der Waals surface area contributed by atoms with Gasteiger partial charge in [-0.1, -0.05) is 24.3 Å². The average Bonchev–Trinajstić information content (AvgIpc) is 3.02. The molecule has 0 saturated heterocycles. The van der Waals surface area contributed by atoms with Crippen molar-refractivity contribution in [3.05, 3.63) is 58.7 Å². The quantitative estimate of drug-likeness (QED) is 0.599. The smallest absolute Gasteiger partial charge is 0.203 e. The van der Waals surface area contributed by atoms with E-state index >= 15 is 0 Å². The standard InChI is InChI=1S/C26H23N3O3/c1-30-21-11-16(12-22(31-2)26(21)32-3)23-18-10-6-8-15-7-4-5-9-17(15)24(18)20(14-28)25(29)19(23)13-27/h4-5,7,9,11-12H,6,8,10,29H2,1-3H3. The van der Waals surface area contributed by atoms with Gasteiger partial charge in [-0.25, -0.2) is 0 Å². The van der Waals surface area contributed by atoms with Crippen LogP contribution in [-0.2, 0) is 12.8 Å². The Morgan fingerprint density at radius 1 is 0.844 bits per heavy atom. The second-order valence-corrected chi connectivity index (χ2v) is 7.54. The van der Waals surface area contributed by atoms with Gasteiger partial charge >= 0.3 is 0 Å². The molecule has 6 heteroatoms. The minimum atomic E-state index is 0.189. The van der Waals surface area contributed by atoms with Crippen LogP contribution in [-0.4, -0.2) is 21.3 Å². The molecule has 0 saturated carbocycles. The second-order valence-electron chi connectivity index (χ2n) is 7.54. The number of nitriles is 2. The molecular formula is C26H23N3O3.